The summed E-state index contributed by atoms with van der Waals surface area (Å²) in [6, 6.07) is 10.6. The van der Waals surface area contributed by atoms with Crippen LogP contribution in [0.3, 0.4) is 0 Å². The average molecular weight is 290 g/mol. The van der Waals surface area contributed by atoms with E-state index in [4.69, 9.17) is 5.11 Å². The topological polar surface area (TPSA) is 66.6 Å². The smallest absolute Gasteiger partial charge is 0.292 e. The van der Waals surface area contributed by atoms with E-state index >= 15 is 0 Å². The van der Waals surface area contributed by atoms with Crippen LogP contribution in [0.25, 0.3) is 0 Å². The van der Waals surface area contributed by atoms with Gasteiger partial charge in [-0.05, 0) is 29.3 Å². The summed E-state index contributed by atoms with van der Waals surface area (Å²) >= 11 is 0. The predicted octanol–water partition coefficient (Wildman–Crippen LogP) is 2.86. The highest BCUT2D eigenvalue weighted by Gasteiger charge is 2.18. The second-order valence-electron chi connectivity index (χ2n) is 4.72. The Kier molecular flexibility index (Phi) is 4.49. The lowest BCUT2D eigenvalue weighted by Gasteiger charge is -2.19. The van der Waals surface area contributed by atoms with Gasteiger partial charge in [-0.3, -0.25) is 10.1 Å². The molecule has 0 bridgehead atoms. The molecular weight excluding hydrogens is 275 g/mol. The minimum absolute atomic E-state index is 0.0637. The van der Waals surface area contributed by atoms with Gasteiger partial charge in [-0.25, -0.2) is 4.39 Å². The molecule has 21 heavy (non-hydrogen) atoms. The zero-order chi connectivity index (χ0) is 15.4. The van der Waals surface area contributed by atoms with E-state index in [1.54, 1.807) is 36.2 Å². The van der Waals surface area contributed by atoms with Gasteiger partial charge in [0, 0.05) is 19.7 Å². The van der Waals surface area contributed by atoms with Crippen molar-refractivity contribution in [2.75, 3.05) is 11.9 Å². The van der Waals surface area contributed by atoms with Crippen LogP contribution in [0, 0.1) is 15.9 Å². The molecule has 0 aliphatic heterocycles. The van der Waals surface area contributed by atoms with Gasteiger partial charge in [-0.1, -0.05) is 18.2 Å². The van der Waals surface area contributed by atoms with Crippen molar-refractivity contribution < 1.29 is 14.4 Å². The number of hydrogen-bond acceptors (Lipinski definition) is 4. The molecule has 0 aliphatic rings. The van der Waals surface area contributed by atoms with Gasteiger partial charge in [0.25, 0.3) is 5.69 Å². The molecule has 5 nitrogen and oxygen atoms in total. The van der Waals surface area contributed by atoms with Gasteiger partial charge in [0.2, 0.25) is 0 Å². The van der Waals surface area contributed by atoms with E-state index in [9.17, 15) is 14.5 Å². The fourth-order valence-corrected chi connectivity index (χ4v) is 2.09. The molecular formula is C15H15FN2O3. The number of nitro groups is 1. The Labute approximate surface area is 121 Å². The van der Waals surface area contributed by atoms with Crippen molar-refractivity contribution in [1.29, 1.82) is 0 Å². The third-order valence-electron chi connectivity index (χ3n) is 3.16. The number of halogens is 1. The SMILES string of the molecule is CN(Cc1ccc(F)cc1)c1ccc(CO)cc1[N+](=O)[O-]. The Balaban J connectivity index is 2.27. The zero-order valence-corrected chi connectivity index (χ0v) is 11.5. The maximum atomic E-state index is 12.9. The van der Waals surface area contributed by atoms with E-state index in [1.165, 1.54) is 18.2 Å². The van der Waals surface area contributed by atoms with Crippen LogP contribution >= 0.6 is 0 Å². The number of anilines is 1. The third kappa shape index (κ3) is 3.55. The standard InChI is InChI=1S/C15H15FN2O3/c1-17(9-11-2-5-13(16)6-3-11)14-7-4-12(10-19)8-15(14)18(20)21/h2-8,19H,9-10H2,1H3. The van der Waals surface area contributed by atoms with Crippen molar-refractivity contribution in [3.05, 3.63) is 69.5 Å². The number of hydrogen-bond donors (Lipinski definition) is 1. The van der Waals surface area contributed by atoms with E-state index in [0.29, 0.717) is 17.8 Å². The number of aliphatic hydroxyl groups is 1. The summed E-state index contributed by atoms with van der Waals surface area (Å²) in [5, 5.41) is 20.2. The minimum atomic E-state index is -0.477. The molecule has 0 atom stereocenters. The van der Waals surface area contributed by atoms with E-state index in [2.05, 4.69) is 0 Å². The van der Waals surface area contributed by atoms with Crippen molar-refractivity contribution >= 4 is 11.4 Å². The minimum Gasteiger partial charge on any atom is -0.392 e. The number of aliphatic hydroxyl groups excluding tert-OH is 1. The quantitative estimate of drug-likeness (QED) is 0.679. The Hall–Kier alpha value is -2.47. The second-order valence-corrected chi connectivity index (χ2v) is 4.72. The molecule has 0 spiro atoms. The Bertz CT molecular complexity index is 644. The average Bonchev–Trinajstić information content (AvgIpc) is 2.48. The van der Waals surface area contributed by atoms with E-state index < -0.39 is 4.92 Å². The first-order chi connectivity index (χ1) is 10.0. The van der Waals surface area contributed by atoms with Crippen molar-refractivity contribution in [2.24, 2.45) is 0 Å². The molecule has 0 saturated carbocycles. The highest BCUT2D eigenvalue weighted by atomic mass is 19.1. The zero-order valence-electron chi connectivity index (χ0n) is 11.5. The lowest BCUT2D eigenvalue weighted by atomic mass is 10.1. The van der Waals surface area contributed by atoms with Gasteiger partial charge in [-0.15, -0.1) is 0 Å². The maximum absolute atomic E-state index is 12.9. The normalized spacial score (nSPS) is 10.4. The molecule has 0 heterocycles. The summed E-state index contributed by atoms with van der Waals surface area (Å²) in [6.45, 7) is 0.169. The third-order valence-corrected chi connectivity index (χ3v) is 3.16. The van der Waals surface area contributed by atoms with Crippen LogP contribution in [0.4, 0.5) is 15.8 Å². The molecule has 2 aromatic carbocycles. The summed E-state index contributed by atoms with van der Waals surface area (Å²) < 4.78 is 12.9. The summed E-state index contributed by atoms with van der Waals surface area (Å²) in [7, 11) is 1.73. The van der Waals surface area contributed by atoms with Crippen LogP contribution in [0.15, 0.2) is 42.5 Å². The fourth-order valence-electron chi connectivity index (χ4n) is 2.09. The first-order valence-electron chi connectivity index (χ1n) is 6.35. The van der Waals surface area contributed by atoms with Gasteiger partial charge in [0.1, 0.15) is 11.5 Å². The molecule has 0 fully saturated rings. The number of rotatable bonds is 5. The van der Waals surface area contributed by atoms with Gasteiger partial charge >= 0.3 is 0 Å². The van der Waals surface area contributed by atoms with Crippen molar-refractivity contribution in [3.8, 4) is 0 Å². The molecule has 1 N–H and O–H groups in total. The van der Waals surface area contributed by atoms with Crippen molar-refractivity contribution in [3.63, 3.8) is 0 Å². The fraction of sp³-hybridized carbons (Fsp3) is 0.200. The van der Waals surface area contributed by atoms with Crippen LogP contribution in [0.2, 0.25) is 0 Å². The molecule has 0 amide bonds. The van der Waals surface area contributed by atoms with Crippen LogP contribution in [0.5, 0.6) is 0 Å². The molecule has 0 unspecified atom stereocenters. The summed E-state index contributed by atoms with van der Waals surface area (Å²) in [5.41, 5.74) is 1.72. The maximum Gasteiger partial charge on any atom is 0.292 e. The summed E-state index contributed by atoms with van der Waals surface area (Å²) in [5.74, 6) is -0.320. The van der Waals surface area contributed by atoms with Crippen molar-refractivity contribution in [1.82, 2.24) is 0 Å². The summed E-state index contributed by atoms with van der Waals surface area (Å²) in [4.78, 5) is 12.4. The lowest BCUT2D eigenvalue weighted by Crippen LogP contribution is -2.17. The first-order valence-corrected chi connectivity index (χ1v) is 6.35. The van der Waals surface area contributed by atoms with Crippen molar-refractivity contribution in [2.45, 2.75) is 13.2 Å². The molecule has 6 heteroatoms. The highest BCUT2D eigenvalue weighted by molar-refractivity contribution is 5.64. The molecule has 110 valence electrons. The molecule has 2 aromatic rings. The number of benzene rings is 2. The number of nitrogens with zero attached hydrogens (tertiary/aromatic N) is 2. The highest BCUT2D eigenvalue weighted by Crippen LogP contribution is 2.29. The Morgan fingerprint density at radius 3 is 2.38 bits per heavy atom. The largest absolute Gasteiger partial charge is 0.392 e. The van der Waals surface area contributed by atoms with Gasteiger partial charge < -0.3 is 10.0 Å². The first kappa shape index (κ1) is 14.9. The van der Waals surface area contributed by atoms with Crippen LogP contribution in [0.1, 0.15) is 11.1 Å². The molecule has 0 aromatic heterocycles. The van der Waals surface area contributed by atoms with Crippen LogP contribution in [-0.4, -0.2) is 17.1 Å². The van der Waals surface area contributed by atoms with E-state index in [1.807, 2.05) is 0 Å². The molecule has 0 saturated heterocycles. The number of nitro benzene ring substituents is 1. The van der Waals surface area contributed by atoms with Crippen LogP contribution < -0.4 is 4.90 Å². The van der Waals surface area contributed by atoms with E-state index in [-0.39, 0.29) is 18.1 Å². The monoisotopic (exact) mass is 290 g/mol. The molecule has 0 radical (unpaired) electrons. The second kappa shape index (κ2) is 6.32. The van der Waals surface area contributed by atoms with E-state index in [0.717, 1.165) is 5.56 Å². The van der Waals surface area contributed by atoms with Crippen LogP contribution in [-0.2, 0) is 13.2 Å². The lowest BCUT2D eigenvalue weighted by molar-refractivity contribution is -0.384. The predicted molar refractivity (Wildman–Crippen MR) is 77.5 cm³/mol. The van der Waals surface area contributed by atoms with Gasteiger partial charge in [0.15, 0.2) is 0 Å². The van der Waals surface area contributed by atoms with Gasteiger partial charge in [0.05, 0.1) is 11.5 Å². The Morgan fingerprint density at radius 1 is 1.19 bits per heavy atom. The summed E-state index contributed by atoms with van der Waals surface area (Å²) in [6.07, 6.45) is 0. The Morgan fingerprint density at radius 2 is 1.81 bits per heavy atom. The molecule has 0 aliphatic carbocycles. The van der Waals surface area contributed by atoms with Gasteiger partial charge in [-0.2, -0.15) is 0 Å². The molecule has 2 rings (SSSR count).